The lowest BCUT2D eigenvalue weighted by Gasteiger charge is -2.08. The van der Waals surface area contributed by atoms with E-state index in [2.05, 4.69) is 22.8 Å². The molecule has 2 rings (SSSR count). The molecule has 1 heterocycles. The lowest BCUT2D eigenvalue weighted by Crippen LogP contribution is -2.42. The number of rotatable bonds is 6. The highest BCUT2D eigenvalue weighted by Crippen LogP contribution is 2.08. The number of aromatic nitrogens is 1. The number of carbonyl (C=O) groups excluding carboxylic acids is 2. The molecular formula is C18H21N3O2. The third kappa shape index (κ3) is 5.54. The molecule has 0 radical (unpaired) electrons. The first kappa shape index (κ1) is 16.7. The quantitative estimate of drug-likeness (QED) is 0.805. The van der Waals surface area contributed by atoms with Crippen LogP contribution in [-0.4, -0.2) is 16.8 Å². The average Bonchev–Trinajstić information content (AvgIpc) is 2.60. The fraction of sp³-hybridized carbons (Fsp3) is 0.278. The predicted octanol–water partition coefficient (Wildman–Crippen LogP) is 2.43. The molecular weight excluding hydrogens is 290 g/mol. The van der Waals surface area contributed by atoms with E-state index < -0.39 is 0 Å². The molecule has 0 unspecified atom stereocenters. The third-order valence-corrected chi connectivity index (χ3v) is 3.45. The van der Waals surface area contributed by atoms with E-state index in [1.807, 2.05) is 24.3 Å². The largest absolute Gasteiger partial charge is 0.273 e. The van der Waals surface area contributed by atoms with Crippen molar-refractivity contribution in [2.75, 3.05) is 0 Å². The van der Waals surface area contributed by atoms with Crippen molar-refractivity contribution >= 4 is 11.8 Å². The van der Waals surface area contributed by atoms with Gasteiger partial charge in [-0.15, -0.1) is 0 Å². The Hall–Kier alpha value is -2.69. The minimum atomic E-state index is -0.388. The number of nitrogens with one attached hydrogen (secondary N) is 2. The number of benzene rings is 1. The number of hydrogen-bond donors (Lipinski definition) is 2. The molecule has 5 nitrogen and oxygen atoms in total. The van der Waals surface area contributed by atoms with E-state index in [-0.39, 0.29) is 18.2 Å². The molecule has 0 aliphatic rings. The Morgan fingerprint density at radius 3 is 2.43 bits per heavy atom. The first-order chi connectivity index (χ1) is 11.2. The summed E-state index contributed by atoms with van der Waals surface area (Å²) in [6, 6.07) is 11.3. The second-order valence-corrected chi connectivity index (χ2v) is 5.34. The van der Waals surface area contributed by atoms with Crippen LogP contribution in [0.2, 0.25) is 0 Å². The van der Waals surface area contributed by atoms with Crippen molar-refractivity contribution in [2.24, 2.45) is 0 Å². The van der Waals surface area contributed by atoms with Gasteiger partial charge in [-0.25, -0.2) is 0 Å². The average molecular weight is 311 g/mol. The van der Waals surface area contributed by atoms with E-state index in [0.717, 1.165) is 12.0 Å². The number of hydrogen-bond acceptors (Lipinski definition) is 3. The molecule has 2 amide bonds. The summed E-state index contributed by atoms with van der Waals surface area (Å²) in [4.78, 5) is 27.5. The molecule has 2 aromatic rings. The summed E-state index contributed by atoms with van der Waals surface area (Å²) in [5.74, 6) is -0.648. The van der Waals surface area contributed by atoms with Crippen molar-refractivity contribution in [1.29, 1.82) is 0 Å². The monoisotopic (exact) mass is 311 g/mol. The summed E-state index contributed by atoms with van der Waals surface area (Å²) >= 11 is 0. The SMILES string of the molecule is CCCCc1ccc(CC(=O)NNC(=O)c2cccnc2)cc1. The van der Waals surface area contributed by atoms with Gasteiger partial charge in [-0.3, -0.25) is 25.4 Å². The summed E-state index contributed by atoms with van der Waals surface area (Å²) in [7, 11) is 0. The molecule has 1 aromatic carbocycles. The smallest absolute Gasteiger partial charge is 0.271 e. The molecule has 0 atom stereocenters. The van der Waals surface area contributed by atoms with Crippen LogP contribution in [0, 0.1) is 0 Å². The molecule has 0 aliphatic carbocycles. The second kappa shape index (κ2) is 8.68. The van der Waals surface area contributed by atoms with Crippen molar-refractivity contribution in [3.63, 3.8) is 0 Å². The zero-order chi connectivity index (χ0) is 16.5. The van der Waals surface area contributed by atoms with Gasteiger partial charge in [0.2, 0.25) is 5.91 Å². The number of carbonyl (C=O) groups is 2. The molecule has 1 aromatic heterocycles. The molecule has 0 saturated heterocycles. The van der Waals surface area contributed by atoms with Gasteiger partial charge in [0.25, 0.3) is 5.91 Å². The zero-order valence-electron chi connectivity index (χ0n) is 13.2. The van der Waals surface area contributed by atoms with Crippen LogP contribution < -0.4 is 10.9 Å². The number of pyridine rings is 1. The van der Waals surface area contributed by atoms with Gasteiger partial charge >= 0.3 is 0 Å². The second-order valence-electron chi connectivity index (χ2n) is 5.34. The van der Waals surface area contributed by atoms with Crippen molar-refractivity contribution in [1.82, 2.24) is 15.8 Å². The Bertz CT molecular complexity index is 639. The van der Waals surface area contributed by atoms with Crippen LogP contribution in [0.3, 0.4) is 0 Å². The van der Waals surface area contributed by atoms with E-state index in [0.29, 0.717) is 5.56 Å². The van der Waals surface area contributed by atoms with Gasteiger partial charge in [-0.05, 0) is 36.1 Å². The van der Waals surface area contributed by atoms with E-state index in [1.54, 1.807) is 18.3 Å². The van der Waals surface area contributed by atoms with Crippen LogP contribution in [0.15, 0.2) is 48.8 Å². The number of amides is 2. The van der Waals surface area contributed by atoms with Crippen molar-refractivity contribution in [3.8, 4) is 0 Å². The Morgan fingerprint density at radius 2 is 1.78 bits per heavy atom. The minimum Gasteiger partial charge on any atom is -0.273 e. The van der Waals surface area contributed by atoms with E-state index in [4.69, 9.17) is 0 Å². The summed E-state index contributed by atoms with van der Waals surface area (Å²) in [6.45, 7) is 2.17. The predicted molar refractivity (Wildman–Crippen MR) is 88.6 cm³/mol. The zero-order valence-corrected chi connectivity index (χ0v) is 13.2. The van der Waals surface area contributed by atoms with Crippen LogP contribution in [-0.2, 0) is 17.6 Å². The highest BCUT2D eigenvalue weighted by molar-refractivity contribution is 5.95. The van der Waals surface area contributed by atoms with Gasteiger partial charge < -0.3 is 0 Å². The Morgan fingerprint density at radius 1 is 1.04 bits per heavy atom. The molecule has 2 N–H and O–H groups in total. The molecule has 0 saturated carbocycles. The minimum absolute atomic E-state index is 0.224. The standard InChI is InChI=1S/C18H21N3O2/c1-2-3-5-14-7-9-15(10-8-14)12-17(22)20-21-18(23)16-6-4-11-19-13-16/h4,6-11,13H,2-3,5,12H2,1H3,(H,20,22)(H,21,23). The molecule has 5 heteroatoms. The maximum absolute atomic E-state index is 11.9. The van der Waals surface area contributed by atoms with Gasteiger partial charge in [0.05, 0.1) is 12.0 Å². The van der Waals surface area contributed by atoms with E-state index in [9.17, 15) is 9.59 Å². The Labute approximate surface area is 136 Å². The van der Waals surface area contributed by atoms with Crippen molar-refractivity contribution < 1.29 is 9.59 Å². The molecule has 0 fully saturated rings. The van der Waals surface area contributed by atoms with Gasteiger partial charge in [0.1, 0.15) is 0 Å². The van der Waals surface area contributed by atoms with Crippen molar-refractivity contribution in [3.05, 3.63) is 65.5 Å². The van der Waals surface area contributed by atoms with E-state index in [1.165, 1.54) is 24.6 Å². The summed E-state index contributed by atoms with van der Waals surface area (Å²) in [5.41, 5.74) is 7.38. The van der Waals surface area contributed by atoms with Crippen LogP contribution in [0.1, 0.15) is 41.3 Å². The highest BCUT2D eigenvalue weighted by atomic mass is 16.2. The van der Waals surface area contributed by atoms with Gasteiger partial charge in [-0.1, -0.05) is 37.6 Å². The number of nitrogens with zero attached hydrogens (tertiary/aromatic N) is 1. The first-order valence-corrected chi connectivity index (χ1v) is 7.76. The fourth-order valence-electron chi connectivity index (χ4n) is 2.13. The van der Waals surface area contributed by atoms with Crippen LogP contribution in [0.5, 0.6) is 0 Å². The lowest BCUT2D eigenvalue weighted by atomic mass is 10.0. The maximum Gasteiger partial charge on any atom is 0.271 e. The molecule has 0 bridgehead atoms. The Balaban J connectivity index is 1.79. The lowest BCUT2D eigenvalue weighted by molar-refractivity contribution is -0.121. The molecule has 0 spiro atoms. The van der Waals surface area contributed by atoms with Gasteiger partial charge in [0, 0.05) is 12.4 Å². The molecule has 23 heavy (non-hydrogen) atoms. The highest BCUT2D eigenvalue weighted by Gasteiger charge is 2.07. The summed E-state index contributed by atoms with van der Waals surface area (Å²) < 4.78 is 0. The summed E-state index contributed by atoms with van der Waals surface area (Å²) in [6.07, 6.45) is 6.64. The molecule has 0 aliphatic heterocycles. The maximum atomic E-state index is 11.9. The Kier molecular flexibility index (Phi) is 6.29. The number of unbranched alkanes of at least 4 members (excludes halogenated alkanes) is 1. The normalized spacial score (nSPS) is 10.1. The van der Waals surface area contributed by atoms with Crippen LogP contribution in [0.4, 0.5) is 0 Å². The number of hydrazine groups is 1. The van der Waals surface area contributed by atoms with Gasteiger partial charge in [-0.2, -0.15) is 0 Å². The molecule has 120 valence electrons. The van der Waals surface area contributed by atoms with Crippen LogP contribution >= 0.6 is 0 Å². The summed E-state index contributed by atoms with van der Waals surface area (Å²) in [5, 5.41) is 0. The third-order valence-electron chi connectivity index (χ3n) is 3.45. The van der Waals surface area contributed by atoms with Crippen LogP contribution in [0.25, 0.3) is 0 Å². The fourth-order valence-corrected chi connectivity index (χ4v) is 2.13. The topological polar surface area (TPSA) is 71.1 Å². The number of aryl methyl sites for hydroxylation is 1. The van der Waals surface area contributed by atoms with Gasteiger partial charge in [0.15, 0.2) is 0 Å². The van der Waals surface area contributed by atoms with Crippen molar-refractivity contribution in [2.45, 2.75) is 32.6 Å². The van der Waals surface area contributed by atoms with E-state index >= 15 is 0 Å². The first-order valence-electron chi connectivity index (χ1n) is 7.76.